The van der Waals surface area contributed by atoms with Crippen LogP contribution < -0.4 is 10.1 Å². The number of aromatic nitrogens is 4. The van der Waals surface area contributed by atoms with Crippen molar-refractivity contribution in [2.24, 2.45) is 0 Å². The first-order valence-corrected chi connectivity index (χ1v) is 8.91. The molecule has 2 aromatic carbocycles. The van der Waals surface area contributed by atoms with Gasteiger partial charge in [-0.1, -0.05) is 12.1 Å². The minimum Gasteiger partial charge on any atom is -0.488 e. The second-order valence-electron chi connectivity index (χ2n) is 6.56. The summed E-state index contributed by atoms with van der Waals surface area (Å²) in [6.07, 6.45) is 0.498. The summed E-state index contributed by atoms with van der Waals surface area (Å²) < 4.78 is 19.0. The molecule has 0 fully saturated rings. The molecule has 2 aromatic heterocycles. The number of carbonyl (C=O) groups excluding carboxylic acids is 1. The van der Waals surface area contributed by atoms with Gasteiger partial charge < -0.3 is 15.0 Å². The van der Waals surface area contributed by atoms with Crippen LogP contribution in [-0.4, -0.2) is 32.6 Å². The van der Waals surface area contributed by atoms with E-state index < -0.39 is 0 Å². The summed E-state index contributed by atoms with van der Waals surface area (Å²) in [4.78, 5) is 20.0. The van der Waals surface area contributed by atoms with Gasteiger partial charge in [0.1, 0.15) is 35.4 Å². The standard InChI is InChI=1S/C20H16FN5O2/c21-11-5-6-14-15(9-11)24-17(23-14)7-8-22-20(27)19-13-10-28-16-4-2-1-3-12(16)18(13)25-26-19/h1-6,9H,7-8,10H2,(H,22,27)(H,23,24)(H,25,26). The lowest BCUT2D eigenvalue weighted by molar-refractivity contribution is 0.0946. The van der Waals surface area contributed by atoms with Gasteiger partial charge in [-0.2, -0.15) is 5.10 Å². The minimum absolute atomic E-state index is 0.251. The first-order valence-electron chi connectivity index (χ1n) is 8.91. The summed E-state index contributed by atoms with van der Waals surface area (Å²) in [5, 5.41) is 9.99. The van der Waals surface area contributed by atoms with E-state index in [1.807, 2.05) is 24.3 Å². The number of nitrogens with zero attached hydrogens (tertiary/aromatic N) is 2. The molecule has 0 radical (unpaired) electrons. The lowest BCUT2D eigenvalue weighted by Gasteiger charge is -2.17. The molecule has 1 aliphatic heterocycles. The maximum Gasteiger partial charge on any atom is 0.269 e. The molecule has 3 N–H and O–H groups in total. The third-order valence-corrected chi connectivity index (χ3v) is 4.75. The lowest BCUT2D eigenvalue weighted by atomic mass is 10.0. The van der Waals surface area contributed by atoms with E-state index in [1.165, 1.54) is 12.1 Å². The first-order chi connectivity index (χ1) is 13.7. The SMILES string of the molecule is O=C(NCCc1nc2ccc(F)cc2[nH]1)c1[nH]nc2c1COc1ccccc1-2. The number of H-pyrrole nitrogens is 2. The highest BCUT2D eigenvalue weighted by atomic mass is 19.1. The molecule has 7 nitrogen and oxygen atoms in total. The second kappa shape index (κ2) is 6.49. The van der Waals surface area contributed by atoms with Gasteiger partial charge in [0.25, 0.3) is 5.91 Å². The van der Waals surface area contributed by atoms with E-state index in [2.05, 4.69) is 25.5 Å². The molecule has 0 aliphatic carbocycles. The molecule has 0 bridgehead atoms. The molecular weight excluding hydrogens is 361 g/mol. The Bertz CT molecular complexity index is 1200. The summed E-state index contributed by atoms with van der Waals surface area (Å²) in [6.45, 7) is 0.674. The summed E-state index contributed by atoms with van der Waals surface area (Å²) in [5.74, 6) is 0.877. The van der Waals surface area contributed by atoms with Crippen LogP contribution in [0.3, 0.4) is 0 Å². The van der Waals surface area contributed by atoms with Crippen molar-refractivity contribution >= 4 is 16.9 Å². The Labute approximate surface area is 158 Å². The van der Waals surface area contributed by atoms with Crippen LogP contribution in [0.4, 0.5) is 4.39 Å². The van der Waals surface area contributed by atoms with Crippen molar-refractivity contribution in [3.63, 3.8) is 0 Å². The van der Waals surface area contributed by atoms with Gasteiger partial charge >= 0.3 is 0 Å². The molecule has 1 aliphatic rings. The second-order valence-corrected chi connectivity index (χ2v) is 6.56. The van der Waals surface area contributed by atoms with Crippen molar-refractivity contribution in [1.29, 1.82) is 0 Å². The summed E-state index contributed by atoms with van der Waals surface area (Å²) >= 11 is 0. The van der Waals surface area contributed by atoms with E-state index in [4.69, 9.17) is 4.74 Å². The zero-order valence-corrected chi connectivity index (χ0v) is 14.8. The monoisotopic (exact) mass is 377 g/mol. The van der Waals surface area contributed by atoms with Crippen molar-refractivity contribution in [3.8, 4) is 17.0 Å². The van der Waals surface area contributed by atoms with Gasteiger partial charge in [-0.05, 0) is 30.3 Å². The number of aromatic amines is 2. The van der Waals surface area contributed by atoms with Gasteiger partial charge in [-0.15, -0.1) is 0 Å². The van der Waals surface area contributed by atoms with E-state index >= 15 is 0 Å². The average Bonchev–Trinajstić information content (AvgIpc) is 3.31. The molecule has 140 valence electrons. The number of fused-ring (bicyclic) bond motifs is 4. The molecule has 3 heterocycles. The number of amides is 1. The minimum atomic E-state index is -0.316. The molecule has 0 saturated heterocycles. The highest BCUT2D eigenvalue weighted by Crippen LogP contribution is 2.36. The zero-order valence-electron chi connectivity index (χ0n) is 14.8. The highest BCUT2D eigenvalue weighted by molar-refractivity contribution is 5.96. The first kappa shape index (κ1) is 16.5. The van der Waals surface area contributed by atoms with Gasteiger partial charge in [0, 0.05) is 24.1 Å². The fourth-order valence-electron chi connectivity index (χ4n) is 3.39. The fraction of sp³-hybridized carbons (Fsp3) is 0.150. The molecule has 5 rings (SSSR count). The largest absolute Gasteiger partial charge is 0.488 e. The Morgan fingerprint density at radius 2 is 2.14 bits per heavy atom. The van der Waals surface area contributed by atoms with Crippen LogP contribution in [0.15, 0.2) is 42.5 Å². The molecule has 4 aromatic rings. The fourth-order valence-corrected chi connectivity index (χ4v) is 3.39. The van der Waals surface area contributed by atoms with E-state index in [0.29, 0.717) is 42.1 Å². The van der Waals surface area contributed by atoms with E-state index in [9.17, 15) is 9.18 Å². The summed E-state index contributed by atoms with van der Waals surface area (Å²) in [5.41, 5.74) is 4.09. The average molecular weight is 377 g/mol. The normalized spacial score (nSPS) is 12.3. The predicted octanol–water partition coefficient (Wildman–Crippen LogP) is 2.96. The predicted molar refractivity (Wildman–Crippen MR) is 100 cm³/mol. The van der Waals surface area contributed by atoms with Gasteiger partial charge in [-0.3, -0.25) is 9.89 Å². The lowest BCUT2D eigenvalue weighted by Crippen LogP contribution is -2.27. The maximum atomic E-state index is 13.3. The number of nitrogens with one attached hydrogen (secondary N) is 3. The number of hydrogen-bond donors (Lipinski definition) is 3. The Morgan fingerprint density at radius 1 is 1.25 bits per heavy atom. The maximum absolute atomic E-state index is 13.3. The number of ether oxygens (including phenoxy) is 1. The summed E-state index contributed by atoms with van der Waals surface area (Å²) in [6, 6.07) is 12.0. The van der Waals surface area contributed by atoms with E-state index in [-0.39, 0.29) is 11.7 Å². The van der Waals surface area contributed by atoms with Gasteiger partial charge in [0.15, 0.2) is 0 Å². The number of carbonyl (C=O) groups is 1. The van der Waals surface area contributed by atoms with Gasteiger partial charge in [0.2, 0.25) is 0 Å². The third kappa shape index (κ3) is 2.79. The Morgan fingerprint density at radius 3 is 3.07 bits per heavy atom. The van der Waals surface area contributed by atoms with E-state index in [1.54, 1.807) is 6.07 Å². The molecule has 0 spiro atoms. The van der Waals surface area contributed by atoms with Crippen molar-refractivity contribution in [1.82, 2.24) is 25.5 Å². The van der Waals surface area contributed by atoms with Crippen LogP contribution >= 0.6 is 0 Å². The molecular formula is C20H16FN5O2. The number of benzene rings is 2. The van der Waals surface area contributed by atoms with Crippen molar-refractivity contribution in [2.75, 3.05) is 6.54 Å². The third-order valence-electron chi connectivity index (χ3n) is 4.75. The molecule has 8 heteroatoms. The van der Waals surface area contributed by atoms with Crippen molar-refractivity contribution in [3.05, 3.63) is 65.4 Å². The van der Waals surface area contributed by atoms with Crippen LogP contribution in [0.5, 0.6) is 5.75 Å². The van der Waals surface area contributed by atoms with Gasteiger partial charge in [-0.25, -0.2) is 9.37 Å². The molecule has 0 unspecified atom stereocenters. The Kier molecular flexibility index (Phi) is 3.82. The van der Waals surface area contributed by atoms with Gasteiger partial charge in [0.05, 0.1) is 11.0 Å². The smallest absolute Gasteiger partial charge is 0.269 e. The van der Waals surface area contributed by atoms with Crippen LogP contribution in [0.1, 0.15) is 21.9 Å². The number of halogens is 1. The number of imidazole rings is 1. The summed E-state index contributed by atoms with van der Waals surface area (Å²) in [7, 11) is 0. The van der Waals surface area contributed by atoms with Crippen molar-refractivity contribution < 1.29 is 13.9 Å². The van der Waals surface area contributed by atoms with Crippen LogP contribution in [0.25, 0.3) is 22.3 Å². The highest BCUT2D eigenvalue weighted by Gasteiger charge is 2.26. The zero-order chi connectivity index (χ0) is 19.1. The molecule has 1 amide bonds. The topological polar surface area (TPSA) is 95.7 Å². The van der Waals surface area contributed by atoms with Crippen LogP contribution in [-0.2, 0) is 13.0 Å². The number of para-hydroxylation sites is 1. The Hall–Kier alpha value is -3.68. The van der Waals surface area contributed by atoms with Crippen LogP contribution in [0, 0.1) is 5.82 Å². The molecule has 0 saturated carbocycles. The van der Waals surface area contributed by atoms with Crippen LogP contribution in [0.2, 0.25) is 0 Å². The molecule has 28 heavy (non-hydrogen) atoms. The number of hydrogen-bond acceptors (Lipinski definition) is 4. The van der Waals surface area contributed by atoms with Crippen molar-refractivity contribution in [2.45, 2.75) is 13.0 Å². The Balaban J connectivity index is 1.28. The number of rotatable bonds is 4. The molecule has 0 atom stereocenters. The van der Waals surface area contributed by atoms with E-state index in [0.717, 1.165) is 22.6 Å². The quantitative estimate of drug-likeness (QED) is 0.509.